The molecule has 2 aromatic carbocycles. The predicted molar refractivity (Wildman–Crippen MR) is 207 cm³/mol. The van der Waals surface area contributed by atoms with E-state index >= 15 is 0 Å². The predicted octanol–water partition coefficient (Wildman–Crippen LogP) is 4.44. The molecule has 0 aliphatic carbocycles. The summed E-state index contributed by atoms with van der Waals surface area (Å²) in [5.74, 6) is -2.43. The van der Waals surface area contributed by atoms with Crippen molar-refractivity contribution in [2.75, 3.05) is 51.0 Å². The van der Waals surface area contributed by atoms with Crippen LogP contribution in [0.3, 0.4) is 0 Å². The number of nitrogens with zero attached hydrogens (tertiary/aromatic N) is 1. The minimum atomic E-state index is -1.05. The lowest BCUT2D eigenvalue weighted by atomic mass is 9.91. The molecule has 2 aliphatic heterocycles. The zero-order valence-electron chi connectivity index (χ0n) is 31.7. The Morgan fingerprint density at radius 3 is 2.37 bits per heavy atom. The molecule has 0 unspecified atom stereocenters. The van der Waals surface area contributed by atoms with Gasteiger partial charge in [-0.25, -0.2) is 4.79 Å². The number of carbonyl (C=O) groups excluding carboxylic acids is 3. The third-order valence-electron chi connectivity index (χ3n) is 9.57. The van der Waals surface area contributed by atoms with Gasteiger partial charge < -0.3 is 51.2 Å². The number of nitrogens with two attached hydrogens (primary N) is 1. The normalized spacial score (nSPS) is 23.4. The first-order valence-electron chi connectivity index (χ1n) is 17.9. The fraction of sp³-hybridized carbons (Fsp3) is 0.425. The molecule has 0 spiro atoms. The summed E-state index contributed by atoms with van der Waals surface area (Å²) in [7, 11) is 2.89. The van der Waals surface area contributed by atoms with Gasteiger partial charge in [0.25, 0.3) is 11.8 Å². The van der Waals surface area contributed by atoms with E-state index in [0.717, 1.165) is 44.4 Å². The highest BCUT2D eigenvalue weighted by Crippen LogP contribution is 2.42. The zero-order chi connectivity index (χ0) is 39.5. The van der Waals surface area contributed by atoms with Gasteiger partial charge in [0.05, 0.1) is 23.6 Å². The standard InChI is InChI=1S/C40H53N5O9/c1-23-18-29-34(44-39(50)28-12-10-27(11-13-28)22-45-16-14-42-15-17-45)31(46)21-30(36(29)48)43-38(49)24(2)8-7-9-32(52-5)37(54-40(41)51)26(4)20-25(3)35(47)33(19-23)53-6/h7-13,18,20-21,25,32-33,35,37,42,46-48H,14-17,19,22H2,1-6H3,(H2,41,51)(H,43,49)(H,44,50)/t25-,32-,33-,35+,37-/m0/s1. The minimum absolute atomic E-state index is 0.0356. The Labute approximate surface area is 316 Å². The van der Waals surface area contributed by atoms with Crippen molar-refractivity contribution >= 4 is 35.4 Å². The van der Waals surface area contributed by atoms with Crippen molar-refractivity contribution in [2.24, 2.45) is 11.7 Å². The Hall–Kier alpha value is -4.99. The van der Waals surface area contributed by atoms with Gasteiger partial charge in [-0.3, -0.25) is 14.5 Å². The van der Waals surface area contributed by atoms with Gasteiger partial charge in [0.1, 0.15) is 17.6 Å². The van der Waals surface area contributed by atoms with Crippen LogP contribution in [0.1, 0.15) is 55.6 Å². The molecule has 2 heterocycles. The molecule has 292 valence electrons. The number of fused-ring (bicyclic) bond motifs is 2. The number of hydrogen-bond acceptors (Lipinski definition) is 11. The number of piperazine rings is 1. The van der Waals surface area contributed by atoms with E-state index in [2.05, 4.69) is 20.9 Å². The highest BCUT2D eigenvalue weighted by molar-refractivity contribution is 6.09. The molecule has 2 aromatic rings. The van der Waals surface area contributed by atoms with Crippen molar-refractivity contribution in [3.8, 4) is 11.5 Å². The molecule has 1 fully saturated rings. The highest BCUT2D eigenvalue weighted by atomic mass is 16.6. The first-order valence-corrected chi connectivity index (χ1v) is 17.9. The third-order valence-corrected chi connectivity index (χ3v) is 9.57. The number of methoxy groups -OCH3 is 2. The van der Waals surface area contributed by atoms with Gasteiger partial charge in [0.15, 0.2) is 6.10 Å². The number of ether oxygens (including phenoxy) is 3. The van der Waals surface area contributed by atoms with Crippen molar-refractivity contribution in [3.05, 3.63) is 88.0 Å². The smallest absolute Gasteiger partial charge is 0.405 e. The second-order valence-electron chi connectivity index (χ2n) is 13.7. The molecule has 8 N–H and O–H groups in total. The van der Waals surface area contributed by atoms with E-state index in [1.54, 1.807) is 64.1 Å². The van der Waals surface area contributed by atoms with E-state index in [0.29, 0.717) is 16.7 Å². The number of allylic oxidation sites excluding steroid dienone is 2. The number of phenols is 2. The number of aliphatic hydroxyl groups excluding tert-OH is 1. The van der Waals surface area contributed by atoms with Crippen LogP contribution in [0.15, 0.2) is 71.4 Å². The van der Waals surface area contributed by atoms with Gasteiger partial charge in [-0.15, -0.1) is 0 Å². The molecule has 2 bridgehead atoms. The van der Waals surface area contributed by atoms with E-state index in [1.807, 2.05) is 12.1 Å². The SMILES string of the molecule is CO[C@H]1C=CC=C(C)C(=O)Nc2cc(O)c(NC(=O)c3ccc(CN4CCNCC4)cc3)c(c2O)C=C(C)C[C@H](OC)[C@H](O)[C@@H](C)C=C(C)[C@@H]1OC(N)=O. The molecule has 4 rings (SSSR count). The molecule has 14 nitrogen and oxygen atoms in total. The number of hydrogen-bond donors (Lipinski definition) is 7. The van der Waals surface area contributed by atoms with Crippen molar-refractivity contribution in [2.45, 2.75) is 65.1 Å². The molecule has 2 aliphatic rings. The van der Waals surface area contributed by atoms with Gasteiger partial charge in [-0.2, -0.15) is 0 Å². The summed E-state index contributed by atoms with van der Waals surface area (Å²) in [4.78, 5) is 41.0. The van der Waals surface area contributed by atoms with Gasteiger partial charge in [0, 0.05) is 75.6 Å². The number of amides is 3. The molecule has 0 radical (unpaired) electrons. The van der Waals surface area contributed by atoms with Crippen LogP contribution in [-0.4, -0.2) is 103 Å². The molecule has 5 atom stereocenters. The lowest BCUT2D eigenvalue weighted by Crippen LogP contribution is -2.42. The Kier molecular flexibility index (Phi) is 15.0. The van der Waals surface area contributed by atoms with Gasteiger partial charge in [0.2, 0.25) is 0 Å². The molecule has 0 aromatic heterocycles. The number of phenolic OH excluding ortho intramolecular Hbond substituents is 2. The largest absolute Gasteiger partial charge is 0.506 e. The summed E-state index contributed by atoms with van der Waals surface area (Å²) < 4.78 is 16.7. The van der Waals surface area contributed by atoms with Crippen molar-refractivity contribution < 1.29 is 43.9 Å². The quantitative estimate of drug-likeness (QED) is 0.120. The summed E-state index contributed by atoms with van der Waals surface area (Å²) in [6.45, 7) is 11.3. The number of carbonyl (C=O) groups is 3. The zero-order valence-corrected chi connectivity index (χ0v) is 31.7. The van der Waals surface area contributed by atoms with E-state index in [1.165, 1.54) is 20.3 Å². The summed E-state index contributed by atoms with van der Waals surface area (Å²) in [5.41, 5.74) is 8.02. The van der Waals surface area contributed by atoms with Crippen molar-refractivity contribution in [1.82, 2.24) is 10.2 Å². The van der Waals surface area contributed by atoms with E-state index < -0.39 is 59.7 Å². The van der Waals surface area contributed by atoms with Crippen LogP contribution in [0.2, 0.25) is 0 Å². The molecule has 3 amide bonds. The summed E-state index contributed by atoms with van der Waals surface area (Å²) in [6, 6.07) is 8.34. The topological polar surface area (TPSA) is 205 Å². The van der Waals surface area contributed by atoms with Gasteiger partial charge >= 0.3 is 6.09 Å². The van der Waals surface area contributed by atoms with Gasteiger partial charge in [-0.1, -0.05) is 48.9 Å². The lowest BCUT2D eigenvalue weighted by molar-refractivity contribution is -0.112. The van der Waals surface area contributed by atoms with Crippen LogP contribution in [0.4, 0.5) is 16.2 Å². The highest BCUT2D eigenvalue weighted by Gasteiger charge is 2.29. The van der Waals surface area contributed by atoms with E-state index in [9.17, 15) is 29.7 Å². The average Bonchev–Trinajstić information content (AvgIpc) is 3.14. The first kappa shape index (κ1) is 41.8. The summed E-state index contributed by atoms with van der Waals surface area (Å²) in [5, 5.41) is 43.0. The van der Waals surface area contributed by atoms with Crippen molar-refractivity contribution in [3.63, 3.8) is 0 Å². The number of primary amides is 1. The van der Waals surface area contributed by atoms with Crippen LogP contribution in [0.5, 0.6) is 11.5 Å². The average molecular weight is 748 g/mol. The first-order chi connectivity index (χ1) is 25.7. The fourth-order valence-corrected chi connectivity index (χ4v) is 6.49. The number of anilines is 2. The van der Waals surface area contributed by atoms with Crippen LogP contribution in [-0.2, 0) is 25.5 Å². The maximum absolute atomic E-state index is 13.5. The van der Waals surface area contributed by atoms with E-state index in [4.69, 9.17) is 19.9 Å². The molecular weight excluding hydrogens is 694 g/mol. The Balaban J connectivity index is 1.74. The molecule has 54 heavy (non-hydrogen) atoms. The summed E-state index contributed by atoms with van der Waals surface area (Å²) >= 11 is 0. The maximum atomic E-state index is 13.5. The molecule has 0 saturated carbocycles. The Morgan fingerprint density at radius 1 is 1.06 bits per heavy atom. The van der Waals surface area contributed by atoms with Crippen molar-refractivity contribution in [1.29, 1.82) is 0 Å². The molecule has 1 saturated heterocycles. The lowest BCUT2D eigenvalue weighted by Gasteiger charge is -2.28. The van der Waals surface area contributed by atoms with E-state index in [-0.39, 0.29) is 28.9 Å². The Morgan fingerprint density at radius 2 is 1.74 bits per heavy atom. The Bertz CT molecular complexity index is 1780. The maximum Gasteiger partial charge on any atom is 0.405 e. The molecule has 14 heteroatoms. The summed E-state index contributed by atoms with van der Waals surface area (Å²) in [6.07, 6.45) is 3.52. The van der Waals surface area contributed by atoms with Crippen LogP contribution in [0.25, 0.3) is 6.08 Å². The fourth-order valence-electron chi connectivity index (χ4n) is 6.49. The number of aliphatic hydroxyl groups is 1. The second-order valence-corrected chi connectivity index (χ2v) is 13.7. The third kappa shape index (κ3) is 11.0. The number of benzene rings is 2. The van der Waals surface area contributed by atoms with Crippen LogP contribution >= 0.6 is 0 Å². The molecular formula is C40H53N5O9. The van der Waals surface area contributed by atoms with Crippen LogP contribution in [0, 0.1) is 5.92 Å². The second kappa shape index (κ2) is 19.4. The minimum Gasteiger partial charge on any atom is -0.506 e. The van der Waals surface area contributed by atoms with Gasteiger partial charge in [-0.05, 0) is 56.5 Å². The monoisotopic (exact) mass is 747 g/mol. The number of aromatic hydroxyl groups is 2. The number of rotatable bonds is 7. The number of nitrogens with one attached hydrogen (secondary N) is 3. The van der Waals surface area contributed by atoms with Crippen LogP contribution < -0.4 is 21.7 Å².